The fraction of sp³-hybridized carbons (Fsp3) is 0.364. The molecule has 0 saturated carbocycles. The molecule has 0 radical (unpaired) electrons. The first kappa shape index (κ1) is 11.0. The van der Waals surface area contributed by atoms with Crippen molar-refractivity contribution in [2.75, 3.05) is 19.0 Å². The number of aromatic nitrogens is 1. The number of hydrogen-bond acceptors (Lipinski definition) is 4. The second-order valence-corrected chi connectivity index (χ2v) is 3.33. The third-order valence-electron chi connectivity index (χ3n) is 2.14. The van der Waals surface area contributed by atoms with Gasteiger partial charge in [-0.2, -0.15) is 10.5 Å². The van der Waals surface area contributed by atoms with E-state index in [-0.39, 0.29) is 5.69 Å². The van der Waals surface area contributed by atoms with Gasteiger partial charge in [0, 0.05) is 14.1 Å². The van der Waals surface area contributed by atoms with Gasteiger partial charge in [0.25, 0.3) is 0 Å². The van der Waals surface area contributed by atoms with Gasteiger partial charge in [0.2, 0.25) is 0 Å². The van der Waals surface area contributed by atoms with E-state index in [2.05, 4.69) is 4.98 Å². The molecule has 0 atom stereocenters. The normalized spacial score (nSPS) is 9.13. The van der Waals surface area contributed by atoms with Crippen molar-refractivity contribution in [3.8, 4) is 12.1 Å². The Hall–Kier alpha value is -2.07. The topological polar surface area (TPSA) is 63.7 Å². The van der Waals surface area contributed by atoms with Gasteiger partial charge < -0.3 is 4.90 Å². The van der Waals surface area contributed by atoms with Gasteiger partial charge in [-0.25, -0.2) is 4.98 Å². The smallest absolute Gasteiger partial charge is 0.160 e. The lowest BCUT2D eigenvalue weighted by Gasteiger charge is -2.13. The summed E-state index contributed by atoms with van der Waals surface area (Å²) in [5.41, 5.74) is 1.47. The first-order chi connectivity index (χ1) is 7.13. The van der Waals surface area contributed by atoms with Crippen LogP contribution in [0, 0.1) is 22.7 Å². The van der Waals surface area contributed by atoms with Crippen LogP contribution < -0.4 is 4.90 Å². The van der Waals surface area contributed by atoms with E-state index in [9.17, 15) is 0 Å². The molecule has 1 rings (SSSR count). The van der Waals surface area contributed by atoms with Gasteiger partial charge in [0.05, 0.1) is 5.56 Å². The molecule has 0 bridgehead atoms. The molecular formula is C11H12N4. The van der Waals surface area contributed by atoms with Gasteiger partial charge >= 0.3 is 0 Å². The number of rotatable bonds is 2. The van der Waals surface area contributed by atoms with Gasteiger partial charge in [0.15, 0.2) is 5.69 Å². The minimum Gasteiger partial charge on any atom is -0.363 e. The van der Waals surface area contributed by atoms with E-state index >= 15 is 0 Å². The highest BCUT2D eigenvalue weighted by Crippen LogP contribution is 2.18. The molecule has 0 aliphatic heterocycles. The number of nitrogens with zero attached hydrogens (tertiary/aromatic N) is 4. The number of pyridine rings is 1. The van der Waals surface area contributed by atoms with Crippen LogP contribution in [-0.2, 0) is 6.42 Å². The maximum atomic E-state index is 8.94. The van der Waals surface area contributed by atoms with E-state index in [0.29, 0.717) is 11.4 Å². The van der Waals surface area contributed by atoms with Gasteiger partial charge in [-0.3, -0.25) is 0 Å². The second kappa shape index (κ2) is 4.43. The summed E-state index contributed by atoms with van der Waals surface area (Å²) in [6.45, 7) is 1.96. The summed E-state index contributed by atoms with van der Waals surface area (Å²) in [5, 5.41) is 17.8. The van der Waals surface area contributed by atoms with Crippen molar-refractivity contribution in [3.05, 3.63) is 22.9 Å². The van der Waals surface area contributed by atoms with Crippen molar-refractivity contribution in [2.24, 2.45) is 0 Å². The Morgan fingerprint density at radius 1 is 1.33 bits per heavy atom. The van der Waals surface area contributed by atoms with Crippen molar-refractivity contribution in [2.45, 2.75) is 13.3 Å². The Morgan fingerprint density at radius 3 is 2.40 bits per heavy atom. The molecular weight excluding hydrogens is 188 g/mol. The average Bonchev–Trinajstić information content (AvgIpc) is 2.26. The largest absolute Gasteiger partial charge is 0.363 e. The molecule has 4 heteroatoms. The van der Waals surface area contributed by atoms with E-state index in [4.69, 9.17) is 10.5 Å². The fourth-order valence-corrected chi connectivity index (χ4v) is 1.30. The van der Waals surface area contributed by atoms with Crippen molar-refractivity contribution in [3.63, 3.8) is 0 Å². The van der Waals surface area contributed by atoms with E-state index in [1.165, 1.54) is 0 Å². The molecule has 4 nitrogen and oxygen atoms in total. The van der Waals surface area contributed by atoms with Crippen LogP contribution in [0.25, 0.3) is 0 Å². The number of nitriles is 2. The maximum Gasteiger partial charge on any atom is 0.160 e. The molecule has 15 heavy (non-hydrogen) atoms. The summed E-state index contributed by atoms with van der Waals surface area (Å²) in [5.74, 6) is 0.711. The highest BCUT2D eigenvalue weighted by Gasteiger charge is 2.11. The maximum absolute atomic E-state index is 8.94. The van der Waals surface area contributed by atoms with E-state index in [1.807, 2.05) is 44.1 Å². The molecule has 0 spiro atoms. The molecule has 1 aromatic rings. The lowest BCUT2D eigenvalue weighted by molar-refractivity contribution is 1.02. The quantitative estimate of drug-likeness (QED) is 0.724. The monoisotopic (exact) mass is 200 g/mol. The van der Waals surface area contributed by atoms with Gasteiger partial charge in [-0.05, 0) is 18.1 Å². The molecule has 0 N–H and O–H groups in total. The Bertz CT molecular complexity index is 449. The molecule has 1 aromatic heterocycles. The third kappa shape index (κ3) is 2.05. The van der Waals surface area contributed by atoms with E-state index < -0.39 is 0 Å². The van der Waals surface area contributed by atoms with Gasteiger partial charge in [0.1, 0.15) is 18.0 Å². The molecule has 0 aliphatic rings. The van der Waals surface area contributed by atoms with Gasteiger partial charge in [-0.1, -0.05) is 6.92 Å². The van der Waals surface area contributed by atoms with Crippen LogP contribution in [0.3, 0.4) is 0 Å². The summed E-state index contributed by atoms with van der Waals surface area (Å²) >= 11 is 0. The van der Waals surface area contributed by atoms with Crippen molar-refractivity contribution < 1.29 is 0 Å². The van der Waals surface area contributed by atoms with Crippen LogP contribution in [0.15, 0.2) is 6.07 Å². The van der Waals surface area contributed by atoms with Crippen LogP contribution in [0.4, 0.5) is 5.82 Å². The molecule has 0 amide bonds. The molecule has 0 aliphatic carbocycles. The number of aryl methyl sites for hydroxylation is 1. The Morgan fingerprint density at radius 2 is 2.00 bits per heavy atom. The van der Waals surface area contributed by atoms with E-state index in [1.54, 1.807) is 0 Å². The lowest BCUT2D eigenvalue weighted by atomic mass is 10.1. The minimum atomic E-state index is 0.209. The summed E-state index contributed by atoms with van der Waals surface area (Å²) in [6, 6.07) is 5.83. The zero-order chi connectivity index (χ0) is 11.4. The van der Waals surface area contributed by atoms with Crippen LogP contribution in [0.5, 0.6) is 0 Å². The zero-order valence-corrected chi connectivity index (χ0v) is 9.07. The first-order valence-corrected chi connectivity index (χ1v) is 4.65. The van der Waals surface area contributed by atoms with Crippen LogP contribution >= 0.6 is 0 Å². The molecule has 0 unspecified atom stereocenters. The first-order valence-electron chi connectivity index (χ1n) is 4.65. The standard InChI is InChI=1S/C11H12N4/c1-4-8-5-11(15(2)3)14-10(7-13)9(8)6-12/h5H,4H2,1-3H3. The fourth-order valence-electron chi connectivity index (χ4n) is 1.30. The van der Waals surface area contributed by atoms with Gasteiger partial charge in [-0.15, -0.1) is 0 Å². The molecule has 0 saturated heterocycles. The summed E-state index contributed by atoms with van der Waals surface area (Å²) in [4.78, 5) is 5.93. The zero-order valence-electron chi connectivity index (χ0n) is 9.07. The molecule has 0 fully saturated rings. The van der Waals surface area contributed by atoms with E-state index in [0.717, 1.165) is 12.0 Å². The Kier molecular flexibility index (Phi) is 3.25. The molecule has 0 aromatic carbocycles. The predicted octanol–water partition coefficient (Wildman–Crippen LogP) is 1.45. The lowest BCUT2D eigenvalue weighted by Crippen LogP contribution is -2.12. The number of anilines is 1. The summed E-state index contributed by atoms with van der Waals surface area (Å²) in [7, 11) is 3.71. The SMILES string of the molecule is CCc1cc(N(C)C)nc(C#N)c1C#N. The van der Waals surface area contributed by atoms with Crippen LogP contribution in [0.2, 0.25) is 0 Å². The predicted molar refractivity (Wildman–Crippen MR) is 57.4 cm³/mol. The second-order valence-electron chi connectivity index (χ2n) is 3.33. The van der Waals surface area contributed by atoms with Crippen LogP contribution in [-0.4, -0.2) is 19.1 Å². The molecule has 76 valence electrons. The third-order valence-corrected chi connectivity index (χ3v) is 2.14. The Balaban J connectivity index is 3.46. The highest BCUT2D eigenvalue weighted by molar-refractivity contribution is 5.53. The van der Waals surface area contributed by atoms with Crippen molar-refractivity contribution in [1.29, 1.82) is 10.5 Å². The Labute approximate surface area is 89.4 Å². The number of hydrogen-bond donors (Lipinski definition) is 0. The highest BCUT2D eigenvalue weighted by atomic mass is 15.1. The summed E-state index contributed by atoms with van der Waals surface area (Å²) in [6.07, 6.45) is 0.723. The van der Waals surface area contributed by atoms with Crippen LogP contribution in [0.1, 0.15) is 23.7 Å². The summed E-state index contributed by atoms with van der Waals surface area (Å²) < 4.78 is 0. The van der Waals surface area contributed by atoms with Crippen molar-refractivity contribution >= 4 is 5.82 Å². The minimum absolute atomic E-state index is 0.209. The average molecular weight is 200 g/mol. The van der Waals surface area contributed by atoms with Crippen molar-refractivity contribution in [1.82, 2.24) is 4.98 Å². The molecule has 1 heterocycles.